The molecular formula is C14H25N3O. The van der Waals surface area contributed by atoms with Gasteiger partial charge in [-0.1, -0.05) is 13.8 Å². The topological polar surface area (TPSA) is 38.1 Å². The largest absolute Gasteiger partial charge is 0.337 e. The monoisotopic (exact) mass is 251 g/mol. The van der Waals surface area contributed by atoms with Gasteiger partial charge in [0.2, 0.25) is 5.91 Å². The van der Waals surface area contributed by atoms with Gasteiger partial charge < -0.3 is 4.90 Å². The summed E-state index contributed by atoms with van der Waals surface area (Å²) in [4.78, 5) is 14.4. The Kier molecular flexibility index (Phi) is 5.38. The van der Waals surface area contributed by atoms with Gasteiger partial charge in [-0.3, -0.25) is 9.48 Å². The number of nitrogens with zero attached hydrogens (tertiary/aromatic N) is 3. The van der Waals surface area contributed by atoms with Crippen molar-refractivity contribution in [2.45, 2.75) is 59.0 Å². The van der Waals surface area contributed by atoms with Crippen molar-refractivity contribution in [1.82, 2.24) is 14.7 Å². The molecule has 0 saturated heterocycles. The van der Waals surface area contributed by atoms with Crippen molar-refractivity contribution >= 4 is 5.91 Å². The summed E-state index contributed by atoms with van der Waals surface area (Å²) in [7, 11) is 1.87. The lowest BCUT2D eigenvalue weighted by molar-refractivity contribution is -0.134. The zero-order chi connectivity index (χ0) is 13.7. The van der Waals surface area contributed by atoms with Crippen LogP contribution in [0.15, 0.2) is 12.4 Å². The van der Waals surface area contributed by atoms with Gasteiger partial charge in [0.25, 0.3) is 0 Å². The van der Waals surface area contributed by atoms with E-state index in [2.05, 4.69) is 32.8 Å². The van der Waals surface area contributed by atoms with Gasteiger partial charge >= 0.3 is 0 Å². The minimum absolute atomic E-state index is 0.201. The Balaban J connectivity index is 2.76. The Hall–Kier alpha value is -1.32. The van der Waals surface area contributed by atoms with E-state index in [9.17, 15) is 4.79 Å². The number of hydrogen-bond donors (Lipinski definition) is 0. The molecule has 0 aliphatic heterocycles. The van der Waals surface area contributed by atoms with Crippen LogP contribution < -0.4 is 0 Å². The number of carbonyl (C=O) groups is 1. The Labute approximate surface area is 110 Å². The van der Waals surface area contributed by atoms with Gasteiger partial charge in [0, 0.05) is 25.3 Å². The van der Waals surface area contributed by atoms with E-state index in [0.717, 1.165) is 18.4 Å². The molecule has 0 N–H and O–H groups in total. The smallest absolute Gasteiger partial charge is 0.227 e. The van der Waals surface area contributed by atoms with E-state index in [1.165, 1.54) is 0 Å². The molecule has 0 saturated carbocycles. The summed E-state index contributed by atoms with van der Waals surface area (Å²) in [6.45, 7) is 8.48. The quantitative estimate of drug-likeness (QED) is 0.778. The van der Waals surface area contributed by atoms with E-state index >= 15 is 0 Å². The molecule has 0 unspecified atom stereocenters. The summed E-state index contributed by atoms with van der Waals surface area (Å²) in [6.07, 6.45) is 6.10. The van der Waals surface area contributed by atoms with Crippen molar-refractivity contribution in [1.29, 1.82) is 0 Å². The zero-order valence-electron chi connectivity index (χ0n) is 12.2. The molecule has 1 heterocycles. The minimum Gasteiger partial charge on any atom is -0.337 e. The molecular weight excluding hydrogens is 226 g/mol. The summed E-state index contributed by atoms with van der Waals surface area (Å²) in [5.74, 6) is 0.201. The first-order chi connectivity index (χ1) is 8.49. The third-order valence-electron chi connectivity index (χ3n) is 3.53. The molecule has 1 amide bonds. The van der Waals surface area contributed by atoms with Crippen LogP contribution >= 0.6 is 0 Å². The fraction of sp³-hybridized carbons (Fsp3) is 0.714. The number of amides is 1. The molecule has 2 atom stereocenters. The molecule has 0 spiro atoms. The van der Waals surface area contributed by atoms with Gasteiger partial charge in [0.15, 0.2) is 0 Å². The van der Waals surface area contributed by atoms with Crippen LogP contribution in [0.4, 0.5) is 0 Å². The van der Waals surface area contributed by atoms with Crippen LogP contribution in [0.5, 0.6) is 0 Å². The van der Waals surface area contributed by atoms with Gasteiger partial charge in [-0.05, 0) is 32.3 Å². The zero-order valence-corrected chi connectivity index (χ0v) is 12.2. The molecule has 102 valence electrons. The molecule has 1 rings (SSSR count). The summed E-state index contributed by atoms with van der Waals surface area (Å²) in [5.41, 5.74) is 0.985. The van der Waals surface area contributed by atoms with E-state index < -0.39 is 0 Å². The first-order valence-electron chi connectivity index (χ1n) is 6.78. The summed E-state index contributed by atoms with van der Waals surface area (Å²) in [6, 6.07) is 0.591. The molecule has 0 fully saturated rings. The van der Waals surface area contributed by atoms with Crippen molar-refractivity contribution in [3.8, 4) is 0 Å². The van der Waals surface area contributed by atoms with Crippen LogP contribution in [0.1, 0.15) is 46.1 Å². The van der Waals surface area contributed by atoms with Crippen molar-refractivity contribution in [2.75, 3.05) is 0 Å². The van der Waals surface area contributed by atoms with Crippen molar-refractivity contribution < 1.29 is 4.79 Å². The first kappa shape index (κ1) is 14.7. The molecule has 1 aromatic heterocycles. The van der Waals surface area contributed by atoms with Crippen LogP contribution in [-0.2, 0) is 18.3 Å². The van der Waals surface area contributed by atoms with Crippen LogP contribution in [0.3, 0.4) is 0 Å². The number of hydrogen-bond acceptors (Lipinski definition) is 2. The lowest BCUT2D eigenvalue weighted by atomic mass is 10.1. The number of aromatic nitrogens is 2. The molecule has 1 aromatic rings. The predicted molar refractivity (Wildman–Crippen MR) is 73.3 cm³/mol. The standard InChI is InChI=1S/C14H25N3O/c1-6-11(3)17(12(4)7-2)14(18)8-13-9-15-16(5)10-13/h9-12H,6-8H2,1-5H3/t11-,12+. The number of rotatable bonds is 6. The minimum atomic E-state index is 0.201. The van der Waals surface area contributed by atoms with Crippen molar-refractivity contribution in [3.05, 3.63) is 18.0 Å². The highest BCUT2D eigenvalue weighted by molar-refractivity contribution is 5.79. The molecule has 0 aliphatic carbocycles. The van der Waals surface area contributed by atoms with Crippen LogP contribution in [0.2, 0.25) is 0 Å². The average molecular weight is 251 g/mol. The fourth-order valence-electron chi connectivity index (χ4n) is 2.15. The third-order valence-corrected chi connectivity index (χ3v) is 3.53. The summed E-state index contributed by atoms with van der Waals surface area (Å²) in [5, 5.41) is 4.10. The SMILES string of the molecule is CC[C@@H](C)N(C(=O)Cc1cnn(C)c1)[C@@H](C)CC. The highest BCUT2D eigenvalue weighted by Crippen LogP contribution is 2.14. The molecule has 18 heavy (non-hydrogen) atoms. The Bertz CT molecular complexity index is 376. The molecule has 0 bridgehead atoms. The lowest BCUT2D eigenvalue weighted by Gasteiger charge is -2.34. The van der Waals surface area contributed by atoms with E-state index in [4.69, 9.17) is 0 Å². The maximum Gasteiger partial charge on any atom is 0.227 e. The molecule has 4 nitrogen and oxygen atoms in total. The van der Waals surface area contributed by atoms with Crippen LogP contribution in [-0.4, -0.2) is 32.7 Å². The second-order valence-electron chi connectivity index (χ2n) is 5.01. The maximum atomic E-state index is 12.4. The summed E-state index contributed by atoms with van der Waals surface area (Å²) < 4.78 is 1.74. The van der Waals surface area contributed by atoms with Gasteiger partial charge in [-0.25, -0.2) is 0 Å². The van der Waals surface area contributed by atoms with Gasteiger partial charge in [0.1, 0.15) is 0 Å². The normalized spacial score (nSPS) is 14.3. The second-order valence-corrected chi connectivity index (χ2v) is 5.01. The van der Waals surface area contributed by atoms with Crippen molar-refractivity contribution in [2.24, 2.45) is 7.05 Å². The highest BCUT2D eigenvalue weighted by atomic mass is 16.2. The van der Waals surface area contributed by atoms with E-state index in [0.29, 0.717) is 18.5 Å². The Morgan fingerprint density at radius 1 is 1.33 bits per heavy atom. The molecule has 0 aliphatic rings. The molecule has 0 radical (unpaired) electrons. The Morgan fingerprint density at radius 3 is 2.28 bits per heavy atom. The number of aryl methyl sites for hydroxylation is 1. The van der Waals surface area contributed by atoms with E-state index in [1.807, 2.05) is 18.1 Å². The van der Waals surface area contributed by atoms with E-state index in [1.54, 1.807) is 10.9 Å². The predicted octanol–water partition coefficient (Wildman–Crippen LogP) is 2.39. The van der Waals surface area contributed by atoms with Crippen LogP contribution in [0.25, 0.3) is 0 Å². The highest BCUT2D eigenvalue weighted by Gasteiger charge is 2.23. The van der Waals surface area contributed by atoms with Crippen LogP contribution in [0, 0.1) is 0 Å². The van der Waals surface area contributed by atoms with E-state index in [-0.39, 0.29) is 5.91 Å². The van der Waals surface area contributed by atoms with Crippen molar-refractivity contribution in [3.63, 3.8) is 0 Å². The molecule has 0 aromatic carbocycles. The Morgan fingerprint density at radius 2 is 1.89 bits per heavy atom. The number of carbonyl (C=O) groups excluding carboxylic acids is 1. The maximum absolute atomic E-state index is 12.4. The van der Waals surface area contributed by atoms with Gasteiger partial charge in [-0.2, -0.15) is 5.10 Å². The third kappa shape index (κ3) is 3.59. The first-order valence-corrected chi connectivity index (χ1v) is 6.78. The lowest BCUT2D eigenvalue weighted by Crippen LogP contribution is -2.45. The fourth-order valence-corrected chi connectivity index (χ4v) is 2.15. The van der Waals surface area contributed by atoms with Gasteiger partial charge in [-0.15, -0.1) is 0 Å². The van der Waals surface area contributed by atoms with Gasteiger partial charge in [0.05, 0.1) is 12.6 Å². The average Bonchev–Trinajstić information content (AvgIpc) is 2.74. The molecule has 4 heteroatoms. The second kappa shape index (κ2) is 6.57. The summed E-state index contributed by atoms with van der Waals surface area (Å²) >= 11 is 0.